The lowest BCUT2D eigenvalue weighted by atomic mass is 10.1. The molecular weight excluding hydrogens is 232 g/mol. The highest BCUT2D eigenvalue weighted by Crippen LogP contribution is 2.46. The molecule has 0 aliphatic heterocycles. The third-order valence-electron chi connectivity index (χ3n) is 3.05. The smallest absolute Gasteiger partial charge is 0.349 e. The summed E-state index contributed by atoms with van der Waals surface area (Å²) in [5.41, 5.74) is 4.51. The van der Waals surface area contributed by atoms with E-state index in [1.165, 1.54) is 12.3 Å². The summed E-state index contributed by atoms with van der Waals surface area (Å²) >= 11 is 0. The molecule has 1 unspecified atom stereocenters. The Balaban J connectivity index is 2.37. The van der Waals surface area contributed by atoms with Crippen molar-refractivity contribution >= 4 is 5.82 Å². The second-order valence-corrected chi connectivity index (χ2v) is 4.31. The molecule has 3 N–H and O–H groups in total. The van der Waals surface area contributed by atoms with Gasteiger partial charge >= 0.3 is 5.69 Å². The third kappa shape index (κ3) is 2.14. The number of aromatic nitrogens is 2. The van der Waals surface area contributed by atoms with Gasteiger partial charge in [0, 0.05) is 19.2 Å². The fraction of sp³-hybridized carbons (Fsp3) is 0.600. The summed E-state index contributed by atoms with van der Waals surface area (Å²) in [6, 6.07) is 0.0595. The van der Waals surface area contributed by atoms with E-state index in [2.05, 4.69) is 4.98 Å². The number of aliphatic hydroxyl groups excluding tert-OH is 1. The Morgan fingerprint density at radius 3 is 2.88 bits per heavy atom. The molecule has 0 radical (unpaired) electrons. The number of hydrogen-bond acceptors (Lipinski definition) is 4. The average Bonchev–Trinajstić information content (AvgIpc) is 2.54. The van der Waals surface area contributed by atoms with Crippen LogP contribution in [0, 0.1) is 5.92 Å². The van der Waals surface area contributed by atoms with Crippen LogP contribution in [0.4, 0.5) is 14.6 Å². The van der Waals surface area contributed by atoms with Crippen LogP contribution in [0.15, 0.2) is 17.1 Å². The number of nitrogens with two attached hydrogens (primary N) is 1. The maximum absolute atomic E-state index is 13.7. The van der Waals surface area contributed by atoms with Crippen molar-refractivity contribution in [1.82, 2.24) is 9.55 Å². The molecular formula is C10H13F2N3O2. The predicted octanol–water partition coefficient (Wildman–Crippen LogP) is 0.404. The maximum atomic E-state index is 13.7. The van der Waals surface area contributed by atoms with Crippen molar-refractivity contribution in [3.63, 3.8) is 0 Å². The molecule has 1 saturated carbocycles. The normalized spacial score (nSPS) is 27.2. The number of anilines is 1. The molecule has 0 saturated heterocycles. The van der Waals surface area contributed by atoms with E-state index in [0.717, 1.165) is 4.57 Å². The van der Waals surface area contributed by atoms with Gasteiger partial charge in [-0.1, -0.05) is 0 Å². The number of rotatable bonds is 2. The fourth-order valence-electron chi connectivity index (χ4n) is 2.21. The van der Waals surface area contributed by atoms with Gasteiger partial charge in [-0.05, 0) is 18.4 Å². The van der Waals surface area contributed by atoms with Crippen molar-refractivity contribution in [3.8, 4) is 0 Å². The van der Waals surface area contributed by atoms with Crippen LogP contribution in [-0.2, 0) is 0 Å². The molecule has 94 valence electrons. The monoisotopic (exact) mass is 245 g/mol. The van der Waals surface area contributed by atoms with Gasteiger partial charge in [0.15, 0.2) is 0 Å². The average molecular weight is 245 g/mol. The minimum absolute atomic E-state index is 0.00581. The van der Waals surface area contributed by atoms with Gasteiger partial charge in [-0.25, -0.2) is 13.6 Å². The van der Waals surface area contributed by atoms with Crippen molar-refractivity contribution < 1.29 is 13.9 Å². The molecule has 1 fully saturated rings. The summed E-state index contributed by atoms with van der Waals surface area (Å²) in [7, 11) is 0. The third-order valence-corrected chi connectivity index (χ3v) is 3.05. The number of hydrogen-bond donors (Lipinski definition) is 2. The first kappa shape index (κ1) is 12.0. The second-order valence-electron chi connectivity index (χ2n) is 4.31. The van der Waals surface area contributed by atoms with Crippen LogP contribution >= 0.6 is 0 Å². The summed E-state index contributed by atoms with van der Waals surface area (Å²) in [6.07, 6.45) is 0.878. The van der Waals surface area contributed by atoms with Crippen LogP contribution in [0.25, 0.3) is 0 Å². The van der Waals surface area contributed by atoms with Crippen LogP contribution in [0.1, 0.15) is 18.9 Å². The Morgan fingerprint density at radius 1 is 1.65 bits per heavy atom. The maximum Gasteiger partial charge on any atom is 0.349 e. The Bertz CT molecular complexity index is 475. The summed E-state index contributed by atoms with van der Waals surface area (Å²) in [5.74, 6) is -3.49. The molecule has 1 aliphatic rings. The standard InChI is InChI=1S/C10H13F2N3O2/c11-10(12)4-6(5-16)3-7(10)15-2-1-8(13)14-9(15)17/h1-2,6-7,16H,3-5H2,(H2,13,14,17)/t6-,7?/m0/s1. The highest BCUT2D eigenvalue weighted by molar-refractivity contribution is 5.23. The van der Waals surface area contributed by atoms with Crippen LogP contribution in [0.2, 0.25) is 0 Å². The van der Waals surface area contributed by atoms with Crippen molar-refractivity contribution in [2.75, 3.05) is 12.3 Å². The minimum Gasteiger partial charge on any atom is -0.396 e. The molecule has 1 aliphatic carbocycles. The summed E-state index contributed by atoms with van der Waals surface area (Å²) in [5, 5.41) is 8.92. The van der Waals surface area contributed by atoms with Gasteiger partial charge in [-0.3, -0.25) is 4.57 Å². The van der Waals surface area contributed by atoms with Crippen molar-refractivity contribution in [1.29, 1.82) is 0 Å². The zero-order chi connectivity index (χ0) is 12.6. The van der Waals surface area contributed by atoms with E-state index < -0.39 is 30.0 Å². The molecule has 0 spiro atoms. The zero-order valence-electron chi connectivity index (χ0n) is 9.01. The lowest BCUT2D eigenvalue weighted by molar-refractivity contribution is -0.0353. The van der Waals surface area contributed by atoms with Crippen LogP contribution in [0.3, 0.4) is 0 Å². The molecule has 1 aromatic heterocycles. The molecule has 0 bridgehead atoms. The largest absolute Gasteiger partial charge is 0.396 e. The molecule has 2 atom stereocenters. The van der Waals surface area contributed by atoms with Crippen molar-refractivity contribution in [3.05, 3.63) is 22.7 Å². The Labute approximate surface area is 95.9 Å². The molecule has 17 heavy (non-hydrogen) atoms. The van der Waals surface area contributed by atoms with Gasteiger partial charge in [-0.15, -0.1) is 0 Å². The number of aliphatic hydroxyl groups is 1. The van der Waals surface area contributed by atoms with Crippen LogP contribution in [-0.4, -0.2) is 27.2 Å². The van der Waals surface area contributed by atoms with E-state index in [1.807, 2.05) is 0 Å². The van der Waals surface area contributed by atoms with Crippen LogP contribution < -0.4 is 11.4 Å². The summed E-state index contributed by atoms with van der Waals surface area (Å²) in [6.45, 7) is -0.302. The topological polar surface area (TPSA) is 81.1 Å². The molecule has 1 heterocycles. The molecule has 2 rings (SSSR count). The zero-order valence-corrected chi connectivity index (χ0v) is 9.01. The van der Waals surface area contributed by atoms with E-state index in [0.29, 0.717) is 0 Å². The van der Waals surface area contributed by atoms with Gasteiger partial charge in [0.2, 0.25) is 0 Å². The quantitative estimate of drug-likeness (QED) is 0.790. The molecule has 0 aromatic carbocycles. The highest BCUT2D eigenvalue weighted by Gasteiger charge is 2.49. The highest BCUT2D eigenvalue weighted by atomic mass is 19.3. The first-order chi connectivity index (χ1) is 7.94. The Hall–Kier alpha value is -1.50. The minimum atomic E-state index is -3.00. The summed E-state index contributed by atoms with van der Waals surface area (Å²) in [4.78, 5) is 14.9. The molecule has 0 amide bonds. The van der Waals surface area contributed by atoms with Gasteiger partial charge in [0.1, 0.15) is 11.9 Å². The number of alkyl halides is 2. The van der Waals surface area contributed by atoms with E-state index >= 15 is 0 Å². The van der Waals surface area contributed by atoms with Gasteiger partial charge < -0.3 is 10.8 Å². The van der Waals surface area contributed by atoms with E-state index in [9.17, 15) is 13.6 Å². The van der Waals surface area contributed by atoms with Crippen molar-refractivity contribution in [2.24, 2.45) is 5.92 Å². The van der Waals surface area contributed by atoms with E-state index in [-0.39, 0.29) is 18.8 Å². The Kier molecular flexibility index (Phi) is 2.86. The first-order valence-electron chi connectivity index (χ1n) is 5.27. The SMILES string of the molecule is Nc1ccn(C2C[C@H](CO)CC2(F)F)c(=O)n1. The van der Waals surface area contributed by atoms with E-state index in [4.69, 9.17) is 10.8 Å². The molecule has 1 aromatic rings. The van der Waals surface area contributed by atoms with Gasteiger partial charge in [-0.2, -0.15) is 4.98 Å². The Morgan fingerprint density at radius 2 is 2.35 bits per heavy atom. The molecule has 7 heteroatoms. The van der Waals surface area contributed by atoms with Gasteiger partial charge in [0.05, 0.1) is 0 Å². The number of halogens is 2. The van der Waals surface area contributed by atoms with Crippen molar-refractivity contribution in [2.45, 2.75) is 24.8 Å². The second kappa shape index (κ2) is 4.06. The van der Waals surface area contributed by atoms with E-state index in [1.54, 1.807) is 0 Å². The number of nitrogen functional groups attached to an aromatic ring is 1. The van der Waals surface area contributed by atoms with Gasteiger partial charge in [0.25, 0.3) is 5.92 Å². The van der Waals surface area contributed by atoms with Crippen LogP contribution in [0.5, 0.6) is 0 Å². The summed E-state index contributed by atoms with van der Waals surface area (Å²) < 4.78 is 28.3. The fourth-order valence-corrected chi connectivity index (χ4v) is 2.21. The molecule has 5 nitrogen and oxygen atoms in total. The predicted molar refractivity (Wildman–Crippen MR) is 56.7 cm³/mol. The lowest BCUT2D eigenvalue weighted by Crippen LogP contribution is -2.34. The number of nitrogens with zero attached hydrogens (tertiary/aromatic N) is 2. The lowest BCUT2D eigenvalue weighted by Gasteiger charge is -2.20. The first-order valence-corrected chi connectivity index (χ1v) is 5.27.